The van der Waals surface area contributed by atoms with Gasteiger partial charge in [-0.25, -0.2) is 9.98 Å². The van der Waals surface area contributed by atoms with Crippen molar-refractivity contribution in [3.05, 3.63) is 65.2 Å². The molecule has 2 aromatic rings. The predicted octanol–water partition coefficient (Wildman–Crippen LogP) is 1.87. The van der Waals surface area contributed by atoms with Gasteiger partial charge in [-0.1, -0.05) is 36.4 Å². The Morgan fingerprint density at radius 3 is 2.55 bits per heavy atom. The minimum absolute atomic E-state index is 0.273. The molecule has 1 aliphatic heterocycles. The van der Waals surface area contributed by atoms with Crippen LogP contribution >= 0.6 is 0 Å². The van der Waals surface area contributed by atoms with Crippen molar-refractivity contribution in [2.24, 2.45) is 9.98 Å². The Bertz CT molecular complexity index is 766. The number of para-hydroxylation sites is 2. The molecule has 20 heavy (non-hydrogen) atoms. The highest BCUT2D eigenvalue weighted by Gasteiger charge is 2.11. The van der Waals surface area contributed by atoms with Gasteiger partial charge in [-0.3, -0.25) is 10.3 Å². The Hall–Kier alpha value is -2.46. The summed E-state index contributed by atoms with van der Waals surface area (Å²) in [5, 5.41) is 13.1. The van der Waals surface area contributed by atoms with E-state index >= 15 is 0 Å². The maximum absolute atomic E-state index is 10.1. The third-order valence-electron chi connectivity index (χ3n) is 3.24. The van der Waals surface area contributed by atoms with Crippen LogP contribution in [0.5, 0.6) is 0 Å². The Labute approximate surface area is 117 Å². The number of nitrogens with zero attached hydrogens (tertiary/aromatic N) is 3. The summed E-state index contributed by atoms with van der Waals surface area (Å²) in [6.45, 7) is 2.15. The largest absolute Gasteiger partial charge is 0.288 e. The zero-order valence-corrected chi connectivity index (χ0v) is 11.2. The smallest absolute Gasteiger partial charge is 0.151 e. The second kappa shape index (κ2) is 5.27. The highest BCUT2D eigenvalue weighted by molar-refractivity contribution is 5.88. The lowest BCUT2D eigenvalue weighted by molar-refractivity contribution is -0.0139. The molecular formula is C16H15N3O. The summed E-state index contributed by atoms with van der Waals surface area (Å²) in [4.78, 5) is 9.06. The zero-order chi connectivity index (χ0) is 13.9. The fraction of sp³-hybridized carbons (Fsp3) is 0.125. The molecule has 100 valence electrons. The molecule has 1 aliphatic rings. The van der Waals surface area contributed by atoms with Crippen molar-refractivity contribution in [3.63, 3.8) is 0 Å². The standard InChI is InChI=1S/C16H15N3O/c1-12-14-9-5-6-10-15(14)18-16(11-19(12)20)17-13-7-3-2-4-8-13/h2-10,20H,11H2,1H3. The number of hydrogen-bond acceptors (Lipinski definition) is 3. The Morgan fingerprint density at radius 2 is 1.75 bits per heavy atom. The van der Waals surface area contributed by atoms with Crippen LogP contribution < -0.4 is 10.6 Å². The average Bonchev–Trinajstić information content (AvgIpc) is 2.58. The van der Waals surface area contributed by atoms with E-state index in [0.29, 0.717) is 5.84 Å². The lowest BCUT2D eigenvalue weighted by Gasteiger charge is -2.15. The van der Waals surface area contributed by atoms with Gasteiger partial charge in [0.05, 0.1) is 11.0 Å². The summed E-state index contributed by atoms with van der Waals surface area (Å²) in [7, 11) is 0. The van der Waals surface area contributed by atoms with Gasteiger partial charge in [-0.15, -0.1) is 0 Å². The summed E-state index contributed by atoms with van der Waals surface area (Å²) < 4.78 is 0. The lowest BCUT2D eigenvalue weighted by Crippen LogP contribution is -2.29. The number of rotatable bonds is 1. The molecule has 4 nitrogen and oxygen atoms in total. The van der Waals surface area contributed by atoms with Crippen molar-refractivity contribution in [1.82, 2.24) is 5.06 Å². The van der Waals surface area contributed by atoms with E-state index in [4.69, 9.17) is 0 Å². The second-order valence-corrected chi connectivity index (χ2v) is 4.64. The fourth-order valence-corrected chi connectivity index (χ4v) is 2.15. The van der Waals surface area contributed by atoms with E-state index in [2.05, 4.69) is 9.98 Å². The first kappa shape index (κ1) is 12.6. The highest BCUT2D eigenvalue weighted by atomic mass is 16.5. The number of benzene rings is 2. The predicted molar refractivity (Wildman–Crippen MR) is 78.3 cm³/mol. The van der Waals surface area contributed by atoms with Crippen molar-refractivity contribution in [2.75, 3.05) is 6.54 Å². The van der Waals surface area contributed by atoms with Crippen molar-refractivity contribution in [1.29, 1.82) is 0 Å². The van der Waals surface area contributed by atoms with Gasteiger partial charge >= 0.3 is 0 Å². The van der Waals surface area contributed by atoms with Crippen LogP contribution in [0.3, 0.4) is 0 Å². The molecule has 3 rings (SSSR count). The van der Waals surface area contributed by atoms with Crippen molar-refractivity contribution >= 4 is 17.2 Å². The first-order chi connectivity index (χ1) is 9.74. The Kier molecular flexibility index (Phi) is 3.31. The number of hydrogen-bond donors (Lipinski definition) is 1. The fourth-order valence-electron chi connectivity index (χ4n) is 2.15. The third-order valence-corrected chi connectivity index (χ3v) is 3.24. The first-order valence-corrected chi connectivity index (χ1v) is 6.48. The molecule has 0 radical (unpaired) electrons. The SMILES string of the molecule is CC1=c2ccccc2=NC(=Nc2ccccc2)CN1O. The van der Waals surface area contributed by atoms with E-state index in [9.17, 15) is 5.21 Å². The average molecular weight is 265 g/mol. The van der Waals surface area contributed by atoms with Crippen LogP contribution in [0.15, 0.2) is 64.6 Å². The van der Waals surface area contributed by atoms with E-state index < -0.39 is 0 Å². The zero-order valence-electron chi connectivity index (χ0n) is 11.2. The third kappa shape index (κ3) is 2.46. The van der Waals surface area contributed by atoms with Crippen LogP contribution in [0, 0.1) is 0 Å². The van der Waals surface area contributed by atoms with Gasteiger partial charge in [0.15, 0.2) is 5.84 Å². The molecular weight excluding hydrogens is 250 g/mol. The molecule has 0 spiro atoms. The molecule has 0 fully saturated rings. The first-order valence-electron chi connectivity index (χ1n) is 6.48. The minimum Gasteiger partial charge on any atom is -0.288 e. The van der Waals surface area contributed by atoms with E-state index in [1.165, 1.54) is 5.06 Å². The summed E-state index contributed by atoms with van der Waals surface area (Å²) in [5.41, 5.74) is 1.61. The molecule has 4 heteroatoms. The van der Waals surface area contributed by atoms with Gasteiger partial charge in [0.1, 0.15) is 6.54 Å². The van der Waals surface area contributed by atoms with E-state index in [0.717, 1.165) is 22.0 Å². The van der Waals surface area contributed by atoms with Gasteiger partial charge in [0.25, 0.3) is 0 Å². The summed E-state index contributed by atoms with van der Waals surface area (Å²) in [5.74, 6) is 0.586. The van der Waals surface area contributed by atoms with E-state index in [1.54, 1.807) is 0 Å². The molecule has 0 aliphatic carbocycles. The summed E-state index contributed by atoms with van der Waals surface area (Å²) in [6, 6.07) is 17.4. The Morgan fingerprint density at radius 1 is 1.05 bits per heavy atom. The lowest BCUT2D eigenvalue weighted by atomic mass is 10.2. The maximum Gasteiger partial charge on any atom is 0.151 e. The molecule has 0 amide bonds. The molecule has 0 bridgehead atoms. The monoisotopic (exact) mass is 265 g/mol. The number of fused-ring (bicyclic) bond motifs is 1. The van der Waals surface area contributed by atoms with Gasteiger partial charge in [0.2, 0.25) is 0 Å². The summed E-state index contributed by atoms with van der Waals surface area (Å²) >= 11 is 0. The van der Waals surface area contributed by atoms with Crippen LogP contribution in [0.1, 0.15) is 6.92 Å². The molecule has 0 saturated carbocycles. The number of amidine groups is 1. The number of hydroxylamine groups is 2. The van der Waals surface area contributed by atoms with Crippen LogP contribution in [-0.4, -0.2) is 22.7 Å². The van der Waals surface area contributed by atoms with Gasteiger partial charge in [0, 0.05) is 10.9 Å². The van der Waals surface area contributed by atoms with E-state index in [-0.39, 0.29) is 6.54 Å². The van der Waals surface area contributed by atoms with E-state index in [1.807, 2.05) is 61.5 Å². The summed E-state index contributed by atoms with van der Waals surface area (Å²) in [6.07, 6.45) is 0. The number of aliphatic imine (C=N–C) groups is 1. The van der Waals surface area contributed by atoms with Crippen LogP contribution in [-0.2, 0) is 0 Å². The molecule has 1 N–H and O–H groups in total. The molecule has 0 saturated heterocycles. The molecule has 0 unspecified atom stereocenters. The van der Waals surface area contributed by atoms with Crippen molar-refractivity contribution < 1.29 is 5.21 Å². The van der Waals surface area contributed by atoms with Crippen LogP contribution in [0.25, 0.3) is 5.70 Å². The topological polar surface area (TPSA) is 48.2 Å². The molecule has 1 heterocycles. The second-order valence-electron chi connectivity index (χ2n) is 4.64. The van der Waals surface area contributed by atoms with Crippen LogP contribution in [0.2, 0.25) is 0 Å². The normalized spacial score (nSPS) is 16.6. The maximum atomic E-state index is 10.1. The van der Waals surface area contributed by atoms with Crippen molar-refractivity contribution in [3.8, 4) is 0 Å². The molecule has 0 aromatic heterocycles. The van der Waals surface area contributed by atoms with Gasteiger partial charge in [-0.2, -0.15) is 0 Å². The van der Waals surface area contributed by atoms with Gasteiger partial charge < -0.3 is 0 Å². The Balaban J connectivity index is 2.16. The molecule has 0 atom stereocenters. The van der Waals surface area contributed by atoms with Crippen molar-refractivity contribution in [2.45, 2.75) is 6.92 Å². The van der Waals surface area contributed by atoms with Crippen LogP contribution in [0.4, 0.5) is 5.69 Å². The van der Waals surface area contributed by atoms with Gasteiger partial charge in [-0.05, 0) is 25.1 Å². The quantitative estimate of drug-likeness (QED) is 0.855. The minimum atomic E-state index is 0.273. The highest BCUT2D eigenvalue weighted by Crippen LogP contribution is 2.11. The molecule has 2 aromatic carbocycles.